The van der Waals surface area contributed by atoms with Crippen LogP contribution < -0.4 is 0 Å². The summed E-state index contributed by atoms with van der Waals surface area (Å²) in [7, 11) is 0. The van der Waals surface area contributed by atoms with Gasteiger partial charge in [0.15, 0.2) is 0 Å². The first-order valence-corrected chi connectivity index (χ1v) is 8.55. The topological polar surface area (TPSA) is 76.1 Å². The fourth-order valence-electron chi connectivity index (χ4n) is 3.52. The molecule has 23 heavy (non-hydrogen) atoms. The second-order valence-corrected chi connectivity index (χ2v) is 7.01. The first-order valence-electron chi connectivity index (χ1n) is 8.55. The van der Waals surface area contributed by atoms with Gasteiger partial charge in [0.25, 0.3) is 0 Å². The van der Waals surface area contributed by atoms with Crippen LogP contribution in [0.5, 0.6) is 0 Å². The molecule has 0 radical (unpaired) electrons. The fraction of sp³-hybridized carbons (Fsp3) is 0.765. The van der Waals surface area contributed by atoms with Crippen LogP contribution in [0.4, 0.5) is 0 Å². The summed E-state index contributed by atoms with van der Waals surface area (Å²) in [5, 5.41) is 10.3. The highest BCUT2D eigenvalue weighted by atomic mass is 17.2. The normalized spacial score (nSPS) is 37.8. The second kappa shape index (κ2) is 6.71. The quantitative estimate of drug-likeness (QED) is 0.275. The Balaban J connectivity index is 1.41. The highest BCUT2D eigenvalue weighted by molar-refractivity contribution is 6.01. The van der Waals surface area contributed by atoms with E-state index in [1.54, 1.807) is 6.08 Å². The third-order valence-corrected chi connectivity index (χ3v) is 5.26. The number of nitrogens with zero attached hydrogens (tertiary/aromatic N) is 1. The molecule has 1 N–H and O–H groups in total. The molecule has 0 aromatic heterocycles. The monoisotopic (exact) mass is 323 g/mol. The first-order chi connectivity index (χ1) is 11.0. The standard InChI is InChI=1S/C17H25NO5/c1-12-3-2-10-17(12,21)23-22-14-6-4-13(5-7-14)11-18-15(19)8-9-16(18)20/h2,10,12-14,21H,3-9,11H2,1H3. The third kappa shape index (κ3) is 3.65. The minimum absolute atomic E-state index is 0.00831. The molecule has 1 aliphatic heterocycles. The van der Waals surface area contributed by atoms with Crippen LogP contribution in [-0.2, 0) is 19.4 Å². The summed E-state index contributed by atoms with van der Waals surface area (Å²) in [6.07, 6.45) is 8.42. The number of aliphatic hydroxyl groups is 1. The molecule has 0 bridgehead atoms. The van der Waals surface area contributed by atoms with Gasteiger partial charge in [-0.25, -0.2) is 4.89 Å². The maximum Gasteiger partial charge on any atom is 0.229 e. The zero-order chi connectivity index (χ0) is 16.4. The van der Waals surface area contributed by atoms with Crippen molar-refractivity contribution < 1.29 is 24.5 Å². The van der Waals surface area contributed by atoms with Gasteiger partial charge in [-0.1, -0.05) is 13.0 Å². The Hall–Kier alpha value is -1.24. The number of amides is 2. The van der Waals surface area contributed by atoms with Crippen molar-refractivity contribution in [3.63, 3.8) is 0 Å². The second-order valence-electron chi connectivity index (χ2n) is 7.01. The average Bonchev–Trinajstić information content (AvgIpc) is 3.04. The summed E-state index contributed by atoms with van der Waals surface area (Å²) < 4.78 is 0. The molecule has 3 rings (SSSR count). The van der Waals surface area contributed by atoms with Crippen molar-refractivity contribution in [3.8, 4) is 0 Å². The molecule has 128 valence electrons. The SMILES string of the molecule is CC1CC=CC1(O)OOC1CCC(CN2C(=O)CCC2=O)CC1. The van der Waals surface area contributed by atoms with Crippen LogP contribution in [-0.4, -0.2) is 40.3 Å². The molecule has 6 heteroatoms. The lowest BCUT2D eigenvalue weighted by atomic mass is 9.87. The molecule has 0 spiro atoms. The predicted octanol–water partition coefficient (Wildman–Crippen LogP) is 1.93. The molecule has 1 saturated heterocycles. The average molecular weight is 323 g/mol. The maximum absolute atomic E-state index is 11.7. The number of likely N-dealkylation sites (tertiary alicyclic amines) is 1. The molecule has 1 heterocycles. The van der Waals surface area contributed by atoms with Crippen molar-refractivity contribution in [2.75, 3.05) is 6.54 Å². The van der Waals surface area contributed by atoms with Gasteiger partial charge in [-0.3, -0.25) is 14.5 Å². The molecule has 0 aromatic rings. The number of rotatable bonds is 5. The zero-order valence-electron chi connectivity index (χ0n) is 13.6. The highest BCUT2D eigenvalue weighted by Crippen LogP contribution is 2.33. The summed E-state index contributed by atoms with van der Waals surface area (Å²) in [4.78, 5) is 35.5. The number of imide groups is 1. The van der Waals surface area contributed by atoms with E-state index < -0.39 is 5.79 Å². The molecule has 2 atom stereocenters. The summed E-state index contributed by atoms with van der Waals surface area (Å²) in [5.74, 6) is -1.06. The van der Waals surface area contributed by atoms with Crippen LogP contribution in [0.15, 0.2) is 12.2 Å². The third-order valence-electron chi connectivity index (χ3n) is 5.26. The molecule has 0 aromatic carbocycles. The number of hydrogen-bond acceptors (Lipinski definition) is 5. The highest BCUT2D eigenvalue weighted by Gasteiger charge is 2.38. The van der Waals surface area contributed by atoms with E-state index >= 15 is 0 Å². The van der Waals surface area contributed by atoms with Gasteiger partial charge in [-0.2, -0.15) is 4.89 Å². The number of carbonyl (C=O) groups excluding carboxylic acids is 2. The van der Waals surface area contributed by atoms with E-state index in [9.17, 15) is 14.7 Å². The van der Waals surface area contributed by atoms with Crippen LogP contribution in [0.1, 0.15) is 51.9 Å². The van der Waals surface area contributed by atoms with E-state index in [0.29, 0.717) is 25.3 Å². The van der Waals surface area contributed by atoms with E-state index in [1.807, 2.05) is 13.0 Å². The van der Waals surface area contributed by atoms with Crippen LogP contribution in [0.2, 0.25) is 0 Å². The van der Waals surface area contributed by atoms with E-state index in [1.165, 1.54) is 4.90 Å². The number of hydrogen-bond donors (Lipinski definition) is 1. The van der Waals surface area contributed by atoms with E-state index in [4.69, 9.17) is 9.78 Å². The largest absolute Gasteiger partial charge is 0.360 e. The molecular weight excluding hydrogens is 298 g/mol. The smallest absolute Gasteiger partial charge is 0.229 e. The molecule has 2 unspecified atom stereocenters. The first kappa shape index (κ1) is 16.6. The Kier molecular flexibility index (Phi) is 4.85. The van der Waals surface area contributed by atoms with E-state index in [0.717, 1.165) is 32.1 Å². The zero-order valence-corrected chi connectivity index (χ0v) is 13.6. The van der Waals surface area contributed by atoms with Crippen molar-refractivity contribution in [1.29, 1.82) is 0 Å². The van der Waals surface area contributed by atoms with E-state index in [-0.39, 0.29) is 23.8 Å². The fourth-order valence-corrected chi connectivity index (χ4v) is 3.52. The molecule has 3 aliphatic rings. The van der Waals surface area contributed by atoms with Crippen LogP contribution in [0.25, 0.3) is 0 Å². The van der Waals surface area contributed by atoms with Gasteiger partial charge >= 0.3 is 0 Å². The summed E-state index contributed by atoms with van der Waals surface area (Å²) in [5.41, 5.74) is 0. The van der Waals surface area contributed by atoms with Gasteiger partial charge in [0.05, 0.1) is 6.10 Å². The van der Waals surface area contributed by atoms with Crippen LogP contribution in [0.3, 0.4) is 0 Å². The van der Waals surface area contributed by atoms with Gasteiger partial charge in [-0.15, -0.1) is 0 Å². The van der Waals surface area contributed by atoms with Gasteiger partial charge in [0, 0.05) is 25.3 Å². The van der Waals surface area contributed by atoms with Crippen LogP contribution >= 0.6 is 0 Å². The lowest BCUT2D eigenvalue weighted by Gasteiger charge is -2.32. The predicted molar refractivity (Wildman–Crippen MR) is 81.7 cm³/mol. The van der Waals surface area contributed by atoms with E-state index in [2.05, 4.69) is 0 Å². The molecule has 2 amide bonds. The van der Waals surface area contributed by atoms with Crippen molar-refractivity contribution in [2.45, 2.75) is 63.8 Å². The number of allylic oxidation sites excluding steroid dienone is 1. The number of carbonyl (C=O) groups is 2. The Morgan fingerprint density at radius 1 is 1.22 bits per heavy atom. The molecular formula is C17H25NO5. The lowest BCUT2D eigenvalue weighted by molar-refractivity contribution is -0.432. The molecule has 6 nitrogen and oxygen atoms in total. The maximum atomic E-state index is 11.7. The van der Waals surface area contributed by atoms with Gasteiger partial charge in [0.1, 0.15) is 0 Å². The van der Waals surface area contributed by atoms with Crippen LogP contribution in [0, 0.1) is 11.8 Å². The van der Waals surface area contributed by atoms with Crippen molar-refractivity contribution in [2.24, 2.45) is 11.8 Å². The van der Waals surface area contributed by atoms with Gasteiger partial charge in [0.2, 0.25) is 17.6 Å². The Labute approximate surface area is 136 Å². The Bertz CT molecular complexity index is 481. The Morgan fingerprint density at radius 3 is 2.43 bits per heavy atom. The minimum atomic E-state index is -1.31. The van der Waals surface area contributed by atoms with Gasteiger partial charge < -0.3 is 5.11 Å². The molecule has 1 saturated carbocycles. The summed E-state index contributed by atoms with van der Waals surface area (Å²) in [6.45, 7) is 2.46. The summed E-state index contributed by atoms with van der Waals surface area (Å²) in [6, 6.07) is 0. The van der Waals surface area contributed by atoms with Crippen molar-refractivity contribution in [1.82, 2.24) is 4.90 Å². The van der Waals surface area contributed by atoms with Crippen molar-refractivity contribution >= 4 is 11.8 Å². The minimum Gasteiger partial charge on any atom is -0.360 e. The Morgan fingerprint density at radius 2 is 1.87 bits per heavy atom. The molecule has 2 aliphatic carbocycles. The van der Waals surface area contributed by atoms with Gasteiger partial charge in [-0.05, 0) is 44.1 Å². The summed E-state index contributed by atoms with van der Waals surface area (Å²) >= 11 is 0. The van der Waals surface area contributed by atoms with Crippen molar-refractivity contribution in [3.05, 3.63) is 12.2 Å². The molecule has 2 fully saturated rings. The lowest BCUT2D eigenvalue weighted by Crippen LogP contribution is -2.38.